The minimum Gasteiger partial charge on any atom is -0.494 e. The van der Waals surface area contributed by atoms with Crippen LogP contribution >= 0.6 is 0 Å². The number of hydrogen-bond acceptors (Lipinski definition) is 3. The van der Waals surface area contributed by atoms with Crippen LogP contribution in [0.2, 0.25) is 0 Å². The smallest absolute Gasteiger partial charge is 0.119 e. The normalized spacial score (nSPS) is 13.7. The number of unbranched alkanes of at least 4 members (excludes halogenated alkanes) is 4. The molecule has 0 aliphatic heterocycles. The van der Waals surface area contributed by atoms with Crippen LogP contribution in [0, 0.1) is 0 Å². The first-order valence-corrected chi connectivity index (χ1v) is 9.25. The Morgan fingerprint density at radius 3 is 2.26 bits per heavy atom. The molecular formula is C20H35NO2. The molecule has 0 radical (unpaired) electrons. The SMILES string of the molecule is CCCCCCCOc1ccc(CC[C@@](N)(CO)CCC)cc1. The first-order chi connectivity index (χ1) is 11.1. The monoisotopic (exact) mass is 321 g/mol. The van der Waals surface area contributed by atoms with Gasteiger partial charge >= 0.3 is 0 Å². The Balaban J connectivity index is 2.30. The van der Waals surface area contributed by atoms with Gasteiger partial charge in [0.15, 0.2) is 0 Å². The lowest BCUT2D eigenvalue weighted by atomic mass is 9.89. The molecule has 1 atom stereocenters. The van der Waals surface area contributed by atoms with Gasteiger partial charge < -0.3 is 15.6 Å². The summed E-state index contributed by atoms with van der Waals surface area (Å²) < 4.78 is 5.78. The highest BCUT2D eigenvalue weighted by Gasteiger charge is 2.22. The molecule has 0 fully saturated rings. The van der Waals surface area contributed by atoms with E-state index in [1.54, 1.807) is 0 Å². The van der Waals surface area contributed by atoms with Gasteiger partial charge in [-0.2, -0.15) is 0 Å². The van der Waals surface area contributed by atoms with Crippen LogP contribution in [0.4, 0.5) is 0 Å². The predicted molar refractivity (Wildman–Crippen MR) is 97.9 cm³/mol. The largest absolute Gasteiger partial charge is 0.494 e. The fourth-order valence-electron chi connectivity index (χ4n) is 2.82. The van der Waals surface area contributed by atoms with Gasteiger partial charge in [-0.15, -0.1) is 0 Å². The summed E-state index contributed by atoms with van der Waals surface area (Å²) in [6, 6.07) is 8.29. The summed E-state index contributed by atoms with van der Waals surface area (Å²) >= 11 is 0. The standard InChI is InChI=1S/C20H35NO2/c1-3-5-6-7-8-16-23-19-11-9-18(10-12-19)13-15-20(21,17-22)14-4-2/h9-12,22H,3-8,13-17,21H2,1-2H3/t20-/m1/s1. The summed E-state index contributed by atoms with van der Waals surface area (Å²) in [5.74, 6) is 0.943. The molecule has 0 aromatic heterocycles. The first-order valence-electron chi connectivity index (χ1n) is 9.25. The Morgan fingerprint density at radius 2 is 1.65 bits per heavy atom. The summed E-state index contributed by atoms with van der Waals surface area (Å²) in [6.07, 6.45) is 9.87. The van der Waals surface area contributed by atoms with E-state index in [9.17, 15) is 5.11 Å². The van der Waals surface area contributed by atoms with Crippen molar-refractivity contribution in [1.29, 1.82) is 0 Å². The Labute approximate surface area is 142 Å². The van der Waals surface area contributed by atoms with Crippen molar-refractivity contribution < 1.29 is 9.84 Å². The lowest BCUT2D eigenvalue weighted by Gasteiger charge is -2.26. The van der Waals surface area contributed by atoms with Gasteiger partial charge in [0.25, 0.3) is 0 Å². The van der Waals surface area contributed by atoms with Crippen molar-refractivity contribution in [3.05, 3.63) is 29.8 Å². The summed E-state index contributed by atoms with van der Waals surface area (Å²) in [4.78, 5) is 0. The van der Waals surface area contributed by atoms with Crippen LogP contribution in [0.1, 0.15) is 70.8 Å². The van der Waals surface area contributed by atoms with E-state index in [2.05, 4.69) is 26.0 Å². The summed E-state index contributed by atoms with van der Waals surface area (Å²) in [5, 5.41) is 9.47. The fraction of sp³-hybridized carbons (Fsp3) is 0.700. The molecule has 0 aliphatic rings. The third-order valence-corrected chi connectivity index (χ3v) is 4.41. The van der Waals surface area contributed by atoms with Gasteiger partial charge in [0.1, 0.15) is 5.75 Å². The van der Waals surface area contributed by atoms with Crippen LogP contribution in [-0.4, -0.2) is 23.9 Å². The zero-order valence-electron chi connectivity index (χ0n) is 15.0. The molecular weight excluding hydrogens is 286 g/mol. The van der Waals surface area contributed by atoms with Crippen LogP contribution in [0.3, 0.4) is 0 Å². The molecule has 3 heteroatoms. The van der Waals surface area contributed by atoms with Crippen molar-refractivity contribution >= 4 is 0 Å². The number of benzene rings is 1. The second-order valence-corrected chi connectivity index (χ2v) is 6.68. The maximum atomic E-state index is 9.47. The highest BCUT2D eigenvalue weighted by atomic mass is 16.5. The molecule has 0 saturated heterocycles. The van der Waals surface area contributed by atoms with Gasteiger partial charge in [0.2, 0.25) is 0 Å². The highest BCUT2D eigenvalue weighted by Crippen LogP contribution is 2.19. The lowest BCUT2D eigenvalue weighted by Crippen LogP contribution is -2.43. The summed E-state index contributed by atoms with van der Waals surface area (Å²) in [5.41, 5.74) is 7.03. The number of hydrogen-bond donors (Lipinski definition) is 2. The van der Waals surface area contributed by atoms with Crippen LogP contribution in [0.5, 0.6) is 5.75 Å². The molecule has 3 nitrogen and oxygen atoms in total. The Bertz CT molecular complexity index is 405. The van der Waals surface area contributed by atoms with E-state index in [-0.39, 0.29) is 6.61 Å². The second kappa shape index (κ2) is 11.5. The van der Waals surface area contributed by atoms with Gasteiger partial charge in [-0.25, -0.2) is 0 Å². The molecule has 0 heterocycles. The van der Waals surface area contributed by atoms with E-state index in [1.165, 1.54) is 31.2 Å². The molecule has 0 aliphatic carbocycles. The van der Waals surface area contributed by atoms with Crippen molar-refractivity contribution in [2.75, 3.05) is 13.2 Å². The minimum atomic E-state index is -0.442. The average Bonchev–Trinajstić information content (AvgIpc) is 2.57. The van der Waals surface area contributed by atoms with E-state index < -0.39 is 5.54 Å². The van der Waals surface area contributed by atoms with Gasteiger partial charge in [-0.1, -0.05) is 58.1 Å². The van der Waals surface area contributed by atoms with Gasteiger partial charge in [0.05, 0.1) is 13.2 Å². The maximum absolute atomic E-state index is 9.47. The van der Waals surface area contributed by atoms with Crippen LogP contribution in [-0.2, 0) is 6.42 Å². The van der Waals surface area contributed by atoms with Gasteiger partial charge in [-0.05, 0) is 43.4 Å². The zero-order chi connectivity index (χ0) is 17.0. The number of nitrogens with two attached hydrogens (primary N) is 1. The van der Waals surface area contributed by atoms with Crippen molar-refractivity contribution in [3.63, 3.8) is 0 Å². The highest BCUT2D eigenvalue weighted by molar-refractivity contribution is 5.27. The van der Waals surface area contributed by atoms with Crippen LogP contribution in [0.15, 0.2) is 24.3 Å². The molecule has 0 amide bonds. The Morgan fingerprint density at radius 1 is 0.957 bits per heavy atom. The summed E-state index contributed by atoms with van der Waals surface area (Å²) in [7, 11) is 0. The van der Waals surface area contributed by atoms with Gasteiger partial charge in [0, 0.05) is 5.54 Å². The van der Waals surface area contributed by atoms with Crippen molar-refractivity contribution in [2.45, 2.75) is 77.2 Å². The molecule has 0 unspecified atom stereocenters. The molecule has 0 spiro atoms. The number of aryl methyl sites for hydroxylation is 1. The van der Waals surface area contributed by atoms with Crippen LogP contribution < -0.4 is 10.5 Å². The number of rotatable bonds is 13. The van der Waals surface area contributed by atoms with Crippen molar-refractivity contribution in [3.8, 4) is 5.75 Å². The average molecular weight is 322 g/mol. The third-order valence-electron chi connectivity index (χ3n) is 4.41. The fourth-order valence-corrected chi connectivity index (χ4v) is 2.82. The van der Waals surface area contributed by atoms with E-state index in [1.807, 2.05) is 12.1 Å². The molecule has 1 aromatic carbocycles. The zero-order valence-corrected chi connectivity index (χ0v) is 15.0. The van der Waals surface area contributed by atoms with Crippen molar-refractivity contribution in [2.24, 2.45) is 5.73 Å². The molecule has 3 N–H and O–H groups in total. The first kappa shape index (κ1) is 20.0. The van der Waals surface area contributed by atoms with E-state index in [0.29, 0.717) is 0 Å². The van der Waals surface area contributed by atoms with Gasteiger partial charge in [-0.3, -0.25) is 0 Å². The van der Waals surface area contributed by atoms with Crippen molar-refractivity contribution in [1.82, 2.24) is 0 Å². The topological polar surface area (TPSA) is 55.5 Å². The lowest BCUT2D eigenvalue weighted by molar-refractivity contribution is 0.177. The maximum Gasteiger partial charge on any atom is 0.119 e. The predicted octanol–water partition coefficient (Wildman–Crippen LogP) is 4.46. The van der Waals surface area contributed by atoms with E-state index in [4.69, 9.17) is 10.5 Å². The molecule has 1 aromatic rings. The number of aliphatic hydroxyl groups excluding tert-OH is 1. The van der Waals surface area contributed by atoms with E-state index >= 15 is 0 Å². The Hall–Kier alpha value is -1.06. The quantitative estimate of drug-likeness (QED) is 0.527. The van der Waals surface area contributed by atoms with Crippen LogP contribution in [0.25, 0.3) is 0 Å². The molecule has 1 rings (SSSR count). The number of ether oxygens (including phenoxy) is 1. The number of aliphatic hydroxyl groups is 1. The molecule has 0 bridgehead atoms. The molecule has 23 heavy (non-hydrogen) atoms. The molecule has 0 saturated carbocycles. The summed E-state index contributed by atoms with van der Waals surface area (Å²) in [6.45, 7) is 5.19. The second-order valence-electron chi connectivity index (χ2n) is 6.68. The Kier molecular flexibility index (Phi) is 9.97. The molecule has 132 valence electrons. The minimum absolute atomic E-state index is 0.0556. The third kappa shape index (κ3) is 8.38. The van der Waals surface area contributed by atoms with E-state index in [0.717, 1.165) is 44.5 Å².